The van der Waals surface area contributed by atoms with Gasteiger partial charge in [-0.3, -0.25) is 4.79 Å². The molecule has 5 heteroatoms. The average Bonchev–Trinajstić information content (AvgIpc) is 3.03. The van der Waals surface area contributed by atoms with Gasteiger partial charge in [-0.25, -0.2) is 4.39 Å². The lowest BCUT2D eigenvalue weighted by atomic mass is 10.1. The number of hydrogen-bond donors (Lipinski definition) is 0. The predicted molar refractivity (Wildman–Crippen MR) is 91.4 cm³/mol. The van der Waals surface area contributed by atoms with E-state index in [1.807, 2.05) is 4.90 Å². The summed E-state index contributed by atoms with van der Waals surface area (Å²) in [6, 6.07) is 4.38. The Labute approximate surface area is 144 Å². The SMILES string of the molecule is O=C(c1cc(F)ccc1I)N1CCC(OC2CCCC2)CC1. The summed E-state index contributed by atoms with van der Waals surface area (Å²) in [5.74, 6) is -0.425. The molecule has 22 heavy (non-hydrogen) atoms. The number of carbonyl (C=O) groups excluding carboxylic acids is 1. The molecule has 1 aliphatic carbocycles. The number of hydrogen-bond acceptors (Lipinski definition) is 2. The van der Waals surface area contributed by atoms with Crippen molar-refractivity contribution in [3.63, 3.8) is 0 Å². The van der Waals surface area contributed by atoms with Crippen LogP contribution >= 0.6 is 22.6 Å². The van der Waals surface area contributed by atoms with E-state index in [0.717, 1.165) is 16.4 Å². The summed E-state index contributed by atoms with van der Waals surface area (Å²) in [7, 11) is 0. The molecule has 0 spiro atoms. The van der Waals surface area contributed by atoms with E-state index in [0.29, 0.717) is 24.8 Å². The Morgan fingerprint density at radius 1 is 1.14 bits per heavy atom. The molecule has 0 radical (unpaired) electrons. The minimum atomic E-state index is -0.358. The number of amides is 1. The maximum atomic E-state index is 13.4. The van der Waals surface area contributed by atoms with Crippen LogP contribution in [-0.2, 0) is 4.74 Å². The smallest absolute Gasteiger partial charge is 0.255 e. The summed E-state index contributed by atoms with van der Waals surface area (Å²) in [4.78, 5) is 14.4. The van der Waals surface area contributed by atoms with E-state index in [1.54, 1.807) is 6.07 Å². The molecule has 1 saturated carbocycles. The summed E-state index contributed by atoms with van der Waals surface area (Å²) in [5.41, 5.74) is 0.468. The van der Waals surface area contributed by atoms with E-state index in [9.17, 15) is 9.18 Å². The van der Waals surface area contributed by atoms with E-state index in [-0.39, 0.29) is 17.8 Å². The maximum Gasteiger partial charge on any atom is 0.255 e. The molecule has 2 fully saturated rings. The van der Waals surface area contributed by atoms with Crippen molar-refractivity contribution < 1.29 is 13.9 Å². The molecule has 2 aliphatic rings. The maximum absolute atomic E-state index is 13.4. The number of ether oxygens (including phenoxy) is 1. The van der Waals surface area contributed by atoms with Gasteiger partial charge in [0.05, 0.1) is 17.8 Å². The van der Waals surface area contributed by atoms with Crippen LogP contribution in [0.2, 0.25) is 0 Å². The normalized spacial score (nSPS) is 20.5. The second kappa shape index (κ2) is 7.25. The first-order valence-electron chi connectivity index (χ1n) is 8.03. The van der Waals surface area contributed by atoms with Crippen LogP contribution in [0, 0.1) is 9.39 Å². The fraction of sp³-hybridized carbons (Fsp3) is 0.588. The Hall–Kier alpha value is -0.690. The van der Waals surface area contributed by atoms with Crippen LogP contribution < -0.4 is 0 Å². The van der Waals surface area contributed by atoms with Gasteiger partial charge in [-0.1, -0.05) is 12.8 Å². The first-order chi connectivity index (χ1) is 10.6. The minimum absolute atomic E-state index is 0.0665. The Kier molecular flexibility index (Phi) is 5.33. The van der Waals surface area contributed by atoms with E-state index >= 15 is 0 Å². The Balaban J connectivity index is 1.56. The molecule has 0 aromatic heterocycles. The zero-order valence-electron chi connectivity index (χ0n) is 12.6. The lowest BCUT2D eigenvalue weighted by Crippen LogP contribution is -2.42. The van der Waals surface area contributed by atoms with Crippen molar-refractivity contribution in [2.24, 2.45) is 0 Å². The van der Waals surface area contributed by atoms with Crippen molar-refractivity contribution in [3.05, 3.63) is 33.1 Å². The molecule has 3 rings (SSSR count). The van der Waals surface area contributed by atoms with Gasteiger partial charge in [0.25, 0.3) is 5.91 Å². The first-order valence-corrected chi connectivity index (χ1v) is 9.11. The highest BCUT2D eigenvalue weighted by Gasteiger charge is 2.27. The molecule has 3 nitrogen and oxygen atoms in total. The summed E-state index contributed by atoms with van der Waals surface area (Å²) >= 11 is 2.09. The Bertz CT molecular complexity index is 537. The molecule has 0 bridgehead atoms. The number of likely N-dealkylation sites (tertiary alicyclic amines) is 1. The quantitative estimate of drug-likeness (QED) is 0.697. The number of nitrogens with zero attached hydrogens (tertiary/aromatic N) is 1. The molecular weight excluding hydrogens is 396 g/mol. The summed E-state index contributed by atoms with van der Waals surface area (Å²) in [6.45, 7) is 1.39. The van der Waals surface area contributed by atoms with Crippen molar-refractivity contribution >= 4 is 28.5 Å². The number of piperidine rings is 1. The van der Waals surface area contributed by atoms with Crippen molar-refractivity contribution in [1.29, 1.82) is 0 Å². The van der Waals surface area contributed by atoms with E-state index in [4.69, 9.17) is 4.74 Å². The largest absolute Gasteiger partial charge is 0.375 e. The van der Waals surface area contributed by atoms with Gasteiger partial charge >= 0.3 is 0 Å². The van der Waals surface area contributed by atoms with Crippen LogP contribution in [0.5, 0.6) is 0 Å². The summed E-state index contributed by atoms with van der Waals surface area (Å²) < 4.78 is 20.3. The Morgan fingerprint density at radius 3 is 2.45 bits per heavy atom. The van der Waals surface area contributed by atoms with Gasteiger partial charge in [0.1, 0.15) is 5.82 Å². The lowest BCUT2D eigenvalue weighted by molar-refractivity contribution is -0.0357. The van der Waals surface area contributed by atoms with E-state index in [2.05, 4.69) is 22.6 Å². The van der Waals surface area contributed by atoms with Crippen LogP contribution in [0.4, 0.5) is 4.39 Å². The van der Waals surface area contributed by atoms with Crippen molar-refractivity contribution in [3.8, 4) is 0 Å². The number of benzene rings is 1. The van der Waals surface area contributed by atoms with Gasteiger partial charge in [0.2, 0.25) is 0 Å². The third-order valence-corrected chi connectivity index (χ3v) is 5.52. The molecule has 1 aliphatic heterocycles. The summed E-state index contributed by atoms with van der Waals surface area (Å²) in [5, 5.41) is 0. The lowest BCUT2D eigenvalue weighted by Gasteiger charge is -2.33. The third-order valence-electron chi connectivity index (χ3n) is 4.58. The van der Waals surface area contributed by atoms with Gasteiger partial charge in [-0.15, -0.1) is 0 Å². The van der Waals surface area contributed by atoms with E-state index < -0.39 is 0 Å². The van der Waals surface area contributed by atoms with Gasteiger partial charge < -0.3 is 9.64 Å². The predicted octanol–water partition coefficient (Wildman–Crippen LogP) is 3.99. The Morgan fingerprint density at radius 2 is 1.77 bits per heavy atom. The van der Waals surface area contributed by atoms with Crippen molar-refractivity contribution in [1.82, 2.24) is 4.90 Å². The van der Waals surface area contributed by atoms with Crippen LogP contribution in [0.3, 0.4) is 0 Å². The second-order valence-electron chi connectivity index (χ2n) is 6.16. The molecule has 1 amide bonds. The zero-order valence-corrected chi connectivity index (χ0v) is 14.7. The molecule has 1 aromatic carbocycles. The highest BCUT2D eigenvalue weighted by molar-refractivity contribution is 14.1. The molecule has 0 unspecified atom stereocenters. The molecule has 120 valence electrons. The standard InChI is InChI=1S/C17H21FINO2/c18-12-5-6-16(19)15(11-12)17(21)20-9-7-14(8-10-20)22-13-3-1-2-4-13/h5-6,11,13-14H,1-4,7-10H2. The fourth-order valence-electron chi connectivity index (χ4n) is 3.32. The van der Waals surface area contributed by atoms with Gasteiger partial charge in [-0.2, -0.15) is 0 Å². The van der Waals surface area contributed by atoms with Crippen LogP contribution in [0.1, 0.15) is 48.9 Å². The van der Waals surface area contributed by atoms with Gasteiger partial charge in [0.15, 0.2) is 0 Å². The average molecular weight is 417 g/mol. The number of halogens is 2. The van der Waals surface area contributed by atoms with Crippen molar-refractivity contribution in [2.75, 3.05) is 13.1 Å². The minimum Gasteiger partial charge on any atom is -0.375 e. The molecular formula is C17H21FINO2. The second-order valence-corrected chi connectivity index (χ2v) is 7.32. The zero-order chi connectivity index (χ0) is 15.5. The summed E-state index contributed by atoms with van der Waals surface area (Å²) in [6.07, 6.45) is 7.39. The van der Waals surface area contributed by atoms with Crippen LogP contribution in [0.15, 0.2) is 18.2 Å². The number of carbonyl (C=O) groups is 1. The van der Waals surface area contributed by atoms with E-state index in [1.165, 1.54) is 37.8 Å². The van der Waals surface area contributed by atoms with Crippen molar-refractivity contribution in [2.45, 2.75) is 50.7 Å². The fourth-order valence-corrected chi connectivity index (χ4v) is 3.89. The van der Waals surface area contributed by atoms with Crippen LogP contribution in [0.25, 0.3) is 0 Å². The molecule has 0 N–H and O–H groups in total. The van der Waals surface area contributed by atoms with Gasteiger partial charge in [0, 0.05) is 16.7 Å². The van der Waals surface area contributed by atoms with Crippen LogP contribution in [-0.4, -0.2) is 36.1 Å². The van der Waals surface area contributed by atoms with Gasteiger partial charge in [-0.05, 0) is 66.5 Å². The topological polar surface area (TPSA) is 29.5 Å². The number of rotatable bonds is 3. The monoisotopic (exact) mass is 417 g/mol. The highest BCUT2D eigenvalue weighted by atomic mass is 127. The molecule has 1 saturated heterocycles. The third kappa shape index (κ3) is 3.79. The molecule has 1 aromatic rings. The molecule has 0 atom stereocenters. The molecule has 1 heterocycles. The first kappa shape index (κ1) is 16.2. The highest BCUT2D eigenvalue weighted by Crippen LogP contribution is 2.26.